The Labute approximate surface area is 113 Å². The van der Waals surface area contributed by atoms with Crippen molar-refractivity contribution >= 4 is 5.97 Å². The summed E-state index contributed by atoms with van der Waals surface area (Å²) in [4.78, 5) is 11.6. The highest BCUT2D eigenvalue weighted by molar-refractivity contribution is 5.77. The number of halogens is 5. The standard InChI is InChI=1S/C12H17F5O3/c1-4-20-8(18)7-6(10(7,2)3)5-11(19,9(13)14)12(15,16)17/h6-7,9,19H,4-5H2,1-3H3/t6-,7+,11?/m0/s1. The molecule has 1 aliphatic carbocycles. The molecule has 1 aliphatic rings. The van der Waals surface area contributed by atoms with E-state index >= 15 is 0 Å². The minimum atomic E-state index is -5.46. The normalized spacial score (nSPS) is 28.1. The van der Waals surface area contributed by atoms with Crippen molar-refractivity contribution < 1.29 is 36.6 Å². The number of carbonyl (C=O) groups excluding carboxylic acids is 1. The molecule has 0 heterocycles. The van der Waals surface area contributed by atoms with E-state index in [1.807, 2.05) is 0 Å². The Bertz CT molecular complexity index is 380. The van der Waals surface area contributed by atoms with E-state index in [2.05, 4.69) is 0 Å². The van der Waals surface area contributed by atoms with Crippen LogP contribution in [0.15, 0.2) is 0 Å². The number of carbonyl (C=O) groups is 1. The molecule has 1 unspecified atom stereocenters. The average molecular weight is 304 g/mol. The summed E-state index contributed by atoms with van der Waals surface area (Å²) in [5.74, 6) is -2.63. The molecule has 1 N–H and O–H groups in total. The molecule has 1 saturated carbocycles. The largest absolute Gasteiger partial charge is 0.466 e. The van der Waals surface area contributed by atoms with Crippen LogP contribution in [0, 0.1) is 17.3 Å². The summed E-state index contributed by atoms with van der Waals surface area (Å²) in [6.45, 7) is 4.56. The summed E-state index contributed by atoms with van der Waals surface area (Å²) >= 11 is 0. The molecule has 3 atom stereocenters. The molecule has 0 aromatic carbocycles. The van der Waals surface area contributed by atoms with Gasteiger partial charge in [-0.3, -0.25) is 4.79 Å². The summed E-state index contributed by atoms with van der Waals surface area (Å²) in [5.41, 5.74) is -5.00. The molecular formula is C12H17F5O3. The fourth-order valence-corrected chi connectivity index (χ4v) is 2.49. The first kappa shape index (κ1) is 17.1. The Kier molecular flexibility index (Phi) is 4.39. The van der Waals surface area contributed by atoms with Gasteiger partial charge >= 0.3 is 12.1 Å². The van der Waals surface area contributed by atoms with E-state index in [1.54, 1.807) is 0 Å². The number of ether oxygens (including phenoxy) is 1. The number of hydrogen-bond acceptors (Lipinski definition) is 3. The van der Waals surface area contributed by atoms with Gasteiger partial charge in [-0.2, -0.15) is 13.2 Å². The molecule has 0 spiro atoms. The molecule has 1 rings (SSSR count). The molecule has 0 aromatic heterocycles. The molecule has 118 valence electrons. The van der Waals surface area contributed by atoms with Crippen molar-refractivity contribution in [2.45, 2.75) is 45.4 Å². The fourth-order valence-electron chi connectivity index (χ4n) is 2.49. The highest BCUT2D eigenvalue weighted by atomic mass is 19.4. The van der Waals surface area contributed by atoms with E-state index in [9.17, 15) is 31.9 Å². The number of aliphatic hydroxyl groups is 1. The van der Waals surface area contributed by atoms with Crippen molar-refractivity contribution in [3.63, 3.8) is 0 Å². The molecule has 20 heavy (non-hydrogen) atoms. The number of rotatable bonds is 5. The zero-order chi connectivity index (χ0) is 15.9. The molecule has 0 aromatic rings. The monoisotopic (exact) mass is 304 g/mol. The van der Waals surface area contributed by atoms with Gasteiger partial charge in [0.2, 0.25) is 5.60 Å². The maximum absolute atomic E-state index is 12.6. The minimum Gasteiger partial charge on any atom is -0.466 e. The van der Waals surface area contributed by atoms with Crippen LogP contribution in [-0.4, -0.2) is 35.9 Å². The average Bonchev–Trinajstić information content (AvgIpc) is 2.78. The van der Waals surface area contributed by atoms with Crippen molar-refractivity contribution in [2.75, 3.05) is 6.61 Å². The van der Waals surface area contributed by atoms with Gasteiger partial charge in [0.25, 0.3) is 6.43 Å². The van der Waals surface area contributed by atoms with Crippen LogP contribution in [0.5, 0.6) is 0 Å². The Morgan fingerprint density at radius 1 is 1.35 bits per heavy atom. The van der Waals surface area contributed by atoms with Crippen molar-refractivity contribution in [3.8, 4) is 0 Å². The third-order valence-corrected chi connectivity index (χ3v) is 3.97. The van der Waals surface area contributed by atoms with Crippen molar-refractivity contribution in [2.24, 2.45) is 17.3 Å². The number of esters is 1. The smallest absolute Gasteiger partial charge is 0.422 e. The van der Waals surface area contributed by atoms with E-state index < -0.39 is 47.8 Å². The summed E-state index contributed by atoms with van der Waals surface area (Å²) in [6, 6.07) is 0. The van der Waals surface area contributed by atoms with Crippen molar-refractivity contribution in [1.29, 1.82) is 0 Å². The zero-order valence-corrected chi connectivity index (χ0v) is 11.3. The second kappa shape index (κ2) is 5.13. The summed E-state index contributed by atoms with van der Waals surface area (Å²) in [6.07, 6.45) is -10.6. The van der Waals surface area contributed by atoms with E-state index in [0.29, 0.717) is 0 Å². The molecule has 1 fully saturated rings. The van der Waals surface area contributed by atoms with Crippen LogP contribution in [0.2, 0.25) is 0 Å². The second-order valence-electron chi connectivity index (χ2n) is 5.58. The van der Waals surface area contributed by atoms with Gasteiger partial charge in [-0.1, -0.05) is 13.8 Å². The van der Waals surface area contributed by atoms with Crippen LogP contribution < -0.4 is 0 Å². The fraction of sp³-hybridized carbons (Fsp3) is 0.917. The Morgan fingerprint density at radius 2 is 1.85 bits per heavy atom. The van der Waals surface area contributed by atoms with Crippen molar-refractivity contribution in [3.05, 3.63) is 0 Å². The molecule has 0 radical (unpaired) electrons. The van der Waals surface area contributed by atoms with Crippen LogP contribution in [0.1, 0.15) is 27.2 Å². The van der Waals surface area contributed by atoms with Gasteiger partial charge in [0.1, 0.15) is 0 Å². The van der Waals surface area contributed by atoms with E-state index in [-0.39, 0.29) is 6.61 Å². The zero-order valence-electron chi connectivity index (χ0n) is 11.3. The Morgan fingerprint density at radius 3 is 2.20 bits per heavy atom. The number of hydrogen-bond donors (Lipinski definition) is 1. The summed E-state index contributed by atoms with van der Waals surface area (Å²) < 4.78 is 67.8. The van der Waals surface area contributed by atoms with E-state index in [4.69, 9.17) is 4.74 Å². The van der Waals surface area contributed by atoms with Gasteiger partial charge in [0, 0.05) is 0 Å². The van der Waals surface area contributed by atoms with Crippen LogP contribution in [0.3, 0.4) is 0 Å². The van der Waals surface area contributed by atoms with Gasteiger partial charge in [-0.25, -0.2) is 8.78 Å². The molecule has 0 bridgehead atoms. The summed E-state index contributed by atoms with van der Waals surface area (Å²) in [7, 11) is 0. The lowest BCUT2D eigenvalue weighted by Crippen LogP contribution is -2.52. The maximum atomic E-state index is 12.6. The quantitative estimate of drug-likeness (QED) is 0.627. The van der Waals surface area contributed by atoms with Crippen molar-refractivity contribution in [1.82, 2.24) is 0 Å². The van der Waals surface area contributed by atoms with Crippen LogP contribution in [0.4, 0.5) is 22.0 Å². The SMILES string of the molecule is CCOC(=O)[C@H]1[C@H](CC(O)(C(F)F)C(F)(F)F)C1(C)C. The lowest BCUT2D eigenvalue weighted by atomic mass is 9.93. The first-order chi connectivity index (χ1) is 8.89. The predicted molar refractivity (Wildman–Crippen MR) is 59.0 cm³/mol. The van der Waals surface area contributed by atoms with Crippen LogP contribution in [0.25, 0.3) is 0 Å². The molecular weight excluding hydrogens is 287 g/mol. The molecule has 0 aliphatic heterocycles. The Hall–Kier alpha value is -0.920. The lowest BCUT2D eigenvalue weighted by molar-refractivity contribution is -0.302. The van der Waals surface area contributed by atoms with Gasteiger partial charge in [-0.15, -0.1) is 0 Å². The molecule has 0 saturated heterocycles. The Balaban J connectivity index is 2.90. The third kappa shape index (κ3) is 2.75. The van der Waals surface area contributed by atoms with Crippen LogP contribution in [-0.2, 0) is 9.53 Å². The first-order valence-electron chi connectivity index (χ1n) is 6.13. The topological polar surface area (TPSA) is 46.5 Å². The molecule has 8 heteroatoms. The molecule has 0 amide bonds. The van der Waals surface area contributed by atoms with E-state index in [1.165, 1.54) is 20.8 Å². The van der Waals surface area contributed by atoms with Gasteiger partial charge in [-0.05, 0) is 24.7 Å². The van der Waals surface area contributed by atoms with E-state index in [0.717, 1.165) is 0 Å². The highest BCUT2D eigenvalue weighted by Crippen LogP contribution is 2.63. The number of alkyl halides is 5. The minimum absolute atomic E-state index is 0.0521. The van der Waals surface area contributed by atoms with Crippen LogP contribution >= 0.6 is 0 Å². The second-order valence-corrected chi connectivity index (χ2v) is 5.58. The van der Waals surface area contributed by atoms with Gasteiger partial charge in [0.05, 0.1) is 12.5 Å². The predicted octanol–water partition coefficient (Wildman–Crippen LogP) is 2.77. The van der Waals surface area contributed by atoms with Gasteiger partial charge < -0.3 is 9.84 Å². The molecule has 3 nitrogen and oxygen atoms in total. The third-order valence-electron chi connectivity index (χ3n) is 3.97. The first-order valence-corrected chi connectivity index (χ1v) is 6.13. The highest BCUT2D eigenvalue weighted by Gasteiger charge is 2.70. The summed E-state index contributed by atoms with van der Waals surface area (Å²) in [5, 5.41) is 9.27. The lowest BCUT2D eigenvalue weighted by Gasteiger charge is -2.30. The maximum Gasteiger partial charge on any atom is 0.422 e. The van der Waals surface area contributed by atoms with Gasteiger partial charge in [0.15, 0.2) is 0 Å².